The number of hydrazine groups is 1. The monoisotopic (exact) mass is 298 g/mol. The first-order valence-electron chi connectivity index (χ1n) is 3.49. The number of nitrogens with zero attached hydrogens (tertiary/aromatic N) is 3. The number of hydrogen-bond donors (Lipinski definition) is 3. The van der Waals surface area contributed by atoms with E-state index in [0.29, 0.717) is 0 Å². The van der Waals surface area contributed by atoms with Gasteiger partial charge in [0.2, 0.25) is 5.95 Å². The van der Waals surface area contributed by atoms with Crippen LogP contribution in [0, 0.1) is 0 Å². The second kappa shape index (κ2) is 4.33. The Hall–Kier alpha value is -1.22. The molecular formula is C6H6N6OSn+. The van der Waals surface area contributed by atoms with E-state index < -0.39 is 0 Å². The van der Waals surface area contributed by atoms with Crippen LogP contribution in [0.4, 0.5) is 5.95 Å². The van der Waals surface area contributed by atoms with Crippen molar-refractivity contribution in [2.24, 2.45) is 5.84 Å². The van der Waals surface area contributed by atoms with E-state index in [9.17, 15) is 4.79 Å². The summed E-state index contributed by atoms with van der Waals surface area (Å²) in [6.07, 6.45) is 2.88. The molecule has 0 saturated heterocycles. The molecule has 3 radical (unpaired) electrons. The molecule has 0 atom stereocenters. The maximum atomic E-state index is 11.3. The topological polar surface area (TPSA) is 110 Å². The van der Waals surface area contributed by atoms with Crippen molar-refractivity contribution in [2.75, 3.05) is 5.43 Å². The third-order valence-electron chi connectivity index (χ3n) is 1.48. The van der Waals surface area contributed by atoms with Gasteiger partial charge in [-0.1, -0.05) is 0 Å². The van der Waals surface area contributed by atoms with Crippen molar-refractivity contribution in [3.63, 3.8) is 0 Å². The van der Waals surface area contributed by atoms with E-state index in [4.69, 9.17) is 5.84 Å². The van der Waals surface area contributed by atoms with Crippen molar-refractivity contribution in [1.82, 2.24) is 19.9 Å². The van der Waals surface area contributed by atoms with E-state index in [1.54, 1.807) is 0 Å². The van der Waals surface area contributed by atoms with Crippen LogP contribution >= 0.6 is 0 Å². The minimum atomic E-state index is -0.369. The van der Waals surface area contributed by atoms with Gasteiger partial charge >= 0.3 is 23.9 Å². The Kier molecular flexibility index (Phi) is 3.36. The van der Waals surface area contributed by atoms with Crippen LogP contribution in [0.3, 0.4) is 0 Å². The summed E-state index contributed by atoms with van der Waals surface area (Å²) in [6, 6.07) is 0. The first-order chi connectivity index (χ1) is 6.31. The minimum absolute atomic E-state index is 0. The van der Waals surface area contributed by atoms with Gasteiger partial charge in [0, 0.05) is 12.4 Å². The van der Waals surface area contributed by atoms with Crippen molar-refractivity contribution in [3.8, 4) is 0 Å². The van der Waals surface area contributed by atoms with E-state index in [1.807, 2.05) is 0 Å². The van der Waals surface area contributed by atoms with E-state index in [-0.39, 0.29) is 46.6 Å². The Balaban J connectivity index is 0.000000980. The second-order valence-corrected chi connectivity index (χ2v) is 2.29. The fourth-order valence-corrected chi connectivity index (χ4v) is 0.942. The Morgan fingerprint density at radius 1 is 1.36 bits per heavy atom. The molecule has 4 N–H and O–H groups in total. The summed E-state index contributed by atoms with van der Waals surface area (Å²) in [5, 5.41) is 0. The van der Waals surface area contributed by atoms with Crippen LogP contribution in [0.15, 0.2) is 17.2 Å². The number of nitrogens with two attached hydrogens (primary N) is 1. The van der Waals surface area contributed by atoms with Gasteiger partial charge in [0.15, 0.2) is 11.2 Å². The summed E-state index contributed by atoms with van der Waals surface area (Å²) in [7, 11) is 0. The van der Waals surface area contributed by atoms with Crippen LogP contribution in [0.2, 0.25) is 0 Å². The first kappa shape index (κ1) is 10.9. The van der Waals surface area contributed by atoms with Crippen molar-refractivity contribution >= 4 is 41.0 Å². The number of anilines is 1. The zero-order valence-electron chi connectivity index (χ0n) is 6.98. The molecule has 14 heavy (non-hydrogen) atoms. The normalized spacial score (nSPS) is 9.50. The van der Waals surface area contributed by atoms with E-state index >= 15 is 0 Å². The van der Waals surface area contributed by atoms with Crippen molar-refractivity contribution in [3.05, 3.63) is 22.7 Å². The molecule has 0 unspecified atom stereocenters. The molecule has 0 amide bonds. The largest absolute Gasteiger partial charge is 1.00 e. The molecule has 8 heteroatoms. The average molecular weight is 297 g/mol. The molecule has 2 aromatic heterocycles. The molecule has 2 heterocycles. The summed E-state index contributed by atoms with van der Waals surface area (Å²) in [4.78, 5) is 25.2. The maximum absolute atomic E-state index is 11.3. The molecule has 69 valence electrons. The van der Waals surface area contributed by atoms with Gasteiger partial charge in [-0.05, 0) is 0 Å². The van der Waals surface area contributed by atoms with E-state index in [1.165, 1.54) is 12.4 Å². The van der Waals surface area contributed by atoms with Crippen LogP contribution < -0.4 is 16.8 Å². The van der Waals surface area contributed by atoms with Crippen LogP contribution in [-0.2, 0) is 0 Å². The van der Waals surface area contributed by atoms with Crippen molar-refractivity contribution in [2.45, 2.75) is 0 Å². The molecule has 2 aromatic rings. The maximum Gasteiger partial charge on any atom is 1.00 e. The molecule has 2 rings (SSSR count). The zero-order valence-corrected chi connectivity index (χ0v) is 9.84. The van der Waals surface area contributed by atoms with E-state index in [0.717, 1.165) is 0 Å². The number of hydrogen-bond acceptors (Lipinski definition) is 6. The molecule has 0 aromatic carbocycles. The second-order valence-electron chi connectivity index (χ2n) is 2.29. The smallest absolute Gasteiger partial charge is 0.294 e. The molecule has 0 bridgehead atoms. The molecule has 0 spiro atoms. The summed E-state index contributed by atoms with van der Waals surface area (Å²) in [6.45, 7) is 0. The van der Waals surface area contributed by atoms with Gasteiger partial charge in [0.25, 0.3) is 5.56 Å². The molecule has 0 fully saturated rings. The first-order valence-corrected chi connectivity index (χ1v) is 3.49. The minimum Gasteiger partial charge on any atom is -0.294 e. The Morgan fingerprint density at radius 2 is 2.07 bits per heavy atom. The number of aromatic nitrogens is 4. The van der Waals surface area contributed by atoms with Gasteiger partial charge < -0.3 is 0 Å². The third kappa shape index (κ3) is 1.82. The van der Waals surface area contributed by atoms with Crippen molar-refractivity contribution < 1.29 is 0 Å². The quantitative estimate of drug-likeness (QED) is 0.340. The standard InChI is InChI=1S/C6H6N6O.Sn/c7-12-6-10-4-3(5(13)11-6)8-1-2-9-4;/h1-2H,7H2,(H2,9,10,11,12,13);/q;+1. The van der Waals surface area contributed by atoms with Gasteiger partial charge in [0.05, 0.1) is 0 Å². The van der Waals surface area contributed by atoms with Crippen molar-refractivity contribution in [1.29, 1.82) is 0 Å². The summed E-state index contributed by atoms with van der Waals surface area (Å²) < 4.78 is 0. The fraction of sp³-hybridized carbons (Fsp3) is 0. The van der Waals surface area contributed by atoms with E-state index in [2.05, 4.69) is 25.4 Å². The van der Waals surface area contributed by atoms with Crippen LogP contribution in [0.5, 0.6) is 0 Å². The molecule has 0 aliphatic heterocycles. The number of H-pyrrole nitrogens is 1. The number of rotatable bonds is 1. The predicted octanol–water partition coefficient (Wildman–Crippen LogP) is -1.38. The Labute approximate surface area is 95.1 Å². The summed E-state index contributed by atoms with van der Waals surface area (Å²) in [5.41, 5.74) is 2.32. The Morgan fingerprint density at radius 3 is 2.79 bits per heavy atom. The summed E-state index contributed by atoms with van der Waals surface area (Å²) >= 11 is 0. The molecular weight excluding hydrogens is 291 g/mol. The zero-order chi connectivity index (χ0) is 9.26. The number of fused-ring (bicyclic) bond motifs is 1. The average Bonchev–Trinajstić information content (AvgIpc) is 2.18. The fourth-order valence-electron chi connectivity index (χ4n) is 0.942. The Bertz CT molecular complexity index is 497. The molecule has 0 aliphatic carbocycles. The molecule has 0 saturated carbocycles. The molecule has 7 nitrogen and oxygen atoms in total. The van der Waals surface area contributed by atoms with Gasteiger partial charge in [-0.2, -0.15) is 4.98 Å². The predicted molar refractivity (Wildman–Crippen MR) is 51.5 cm³/mol. The van der Waals surface area contributed by atoms with Crippen LogP contribution in [0.1, 0.15) is 0 Å². The van der Waals surface area contributed by atoms with Gasteiger partial charge in [-0.15, -0.1) is 0 Å². The third-order valence-corrected chi connectivity index (χ3v) is 1.48. The van der Waals surface area contributed by atoms with Crippen LogP contribution in [-0.4, -0.2) is 43.8 Å². The number of nitrogens with one attached hydrogen (secondary N) is 2. The number of aromatic amines is 1. The number of nitrogen functional groups attached to an aromatic ring is 1. The summed E-state index contributed by atoms with van der Waals surface area (Å²) in [5.74, 6) is 5.24. The van der Waals surface area contributed by atoms with Crippen LogP contribution in [0.25, 0.3) is 11.2 Å². The van der Waals surface area contributed by atoms with Gasteiger partial charge in [0.1, 0.15) is 0 Å². The van der Waals surface area contributed by atoms with Gasteiger partial charge in [-0.25, -0.2) is 15.8 Å². The SMILES string of the molecule is NNc1nc2nccnc2c(=O)[nH]1.[Sn+]. The van der Waals surface area contributed by atoms with Gasteiger partial charge in [-0.3, -0.25) is 15.2 Å². The molecule has 0 aliphatic rings.